The van der Waals surface area contributed by atoms with Crippen molar-refractivity contribution in [2.24, 2.45) is 11.8 Å². The Morgan fingerprint density at radius 2 is 1.94 bits per heavy atom. The van der Waals surface area contributed by atoms with Gasteiger partial charge in [-0.05, 0) is 50.9 Å². The maximum Gasteiger partial charge on any atom is 0.129 e. The summed E-state index contributed by atoms with van der Waals surface area (Å²) in [7, 11) is 0. The fraction of sp³-hybridized carbons (Fsp3) is 0.929. The number of carbonyl (C=O) groups excluding carboxylic acids is 1. The molecule has 1 aliphatic carbocycles. The Bertz CT molecular complexity index is 213. The normalized spacial score (nSPS) is 30.3. The molecule has 0 amide bonds. The number of hydrogen-bond donors (Lipinski definition) is 0. The van der Waals surface area contributed by atoms with Crippen LogP contribution >= 0.6 is 0 Å². The number of unbranched alkanes of at least 4 members (excludes halogenated alkanes) is 1. The Kier molecular flexibility index (Phi) is 6.04. The van der Waals surface area contributed by atoms with Crippen molar-refractivity contribution in [3.63, 3.8) is 0 Å². The molecule has 0 saturated heterocycles. The second kappa shape index (κ2) is 7.05. The molecule has 0 spiro atoms. The number of carbonyl (C=O) groups is 1. The van der Waals surface area contributed by atoms with E-state index in [1.165, 1.54) is 19.3 Å². The fourth-order valence-corrected chi connectivity index (χ4v) is 2.38. The van der Waals surface area contributed by atoms with Gasteiger partial charge in [-0.2, -0.15) is 0 Å². The van der Waals surface area contributed by atoms with Gasteiger partial charge < -0.3 is 9.53 Å². The zero-order valence-electron chi connectivity index (χ0n) is 11.0. The highest BCUT2D eigenvalue weighted by Gasteiger charge is 2.24. The molecule has 1 fully saturated rings. The number of hydrogen-bond acceptors (Lipinski definition) is 2. The van der Waals surface area contributed by atoms with Crippen LogP contribution in [0.4, 0.5) is 0 Å². The van der Waals surface area contributed by atoms with Crippen molar-refractivity contribution in [1.29, 1.82) is 0 Å². The number of ketones is 1. The molecule has 0 heterocycles. The number of rotatable bonds is 6. The predicted octanol–water partition coefficient (Wildman–Crippen LogP) is 3.59. The van der Waals surface area contributed by atoms with E-state index in [4.69, 9.17) is 4.74 Å². The molecule has 1 aliphatic rings. The van der Waals surface area contributed by atoms with Crippen LogP contribution in [-0.2, 0) is 9.53 Å². The van der Waals surface area contributed by atoms with Crippen LogP contribution < -0.4 is 0 Å². The van der Waals surface area contributed by atoms with Crippen LogP contribution in [0.25, 0.3) is 0 Å². The Labute approximate surface area is 99.8 Å². The lowest BCUT2D eigenvalue weighted by Gasteiger charge is -2.31. The van der Waals surface area contributed by atoms with Crippen LogP contribution in [-0.4, -0.2) is 18.5 Å². The minimum Gasteiger partial charge on any atom is -0.378 e. The Morgan fingerprint density at radius 3 is 2.56 bits per heavy atom. The molecule has 0 radical (unpaired) electrons. The fourth-order valence-electron chi connectivity index (χ4n) is 2.38. The van der Waals surface area contributed by atoms with Gasteiger partial charge in [-0.25, -0.2) is 0 Å². The van der Waals surface area contributed by atoms with Gasteiger partial charge in [-0.15, -0.1) is 0 Å². The summed E-state index contributed by atoms with van der Waals surface area (Å²) in [6, 6.07) is 0. The molecule has 0 aliphatic heterocycles. The SMILES string of the molecule is CC(=O)CCCCOC1CCC(C)C(C)C1. The molecule has 0 bridgehead atoms. The largest absolute Gasteiger partial charge is 0.378 e. The van der Waals surface area contributed by atoms with Gasteiger partial charge in [0, 0.05) is 13.0 Å². The van der Waals surface area contributed by atoms with Crippen LogP contribution in [0.1, 0.15) is 59.3 Å². The molecule has 0 aromatic carbocycles. The molecule has 2 heteroatoms. The zero-order chi connectivity index (χ0) is 12.0. The molecule has 0 N–H and O–H groups in total. The molecular formula is C14H26O2. The highest BCUT2D eigenvalue weighted by atomic mass is 16.5. The third-order valence-corrected chi connectivity index (χ3v) is 3.83. The Balaban J connectivity index is 2.03. The number of Topliss-reactive ketones (excluding diaryl/α,β-unsaturated/α-hetero) is 1. The summed E-state index contributed by atoms with van der Waals surface area (Å²) in [5.74, 6) is 1.95. The van der Waals surface area contributed by atoms with Crippen molar-refractivity contribution >= 4 is 5.78 Å². The van der Waals surface area contributed by atoms with Crippen LogP contribution in [0.3, 0.4) is 0 Å². The highest BCUT2D eigenvalue weighted by Crippen LogP contribution is 2.30. The van der Waals surface area contributed by atoms with Crippen molar-refractivity contribution in [3.8, 4) is 0 Å². The van der Waals surface area contributed by atoms with E-state index in [0.717, 1.165) is 31.3 Å². The smallest absolute Gasteiger partial charge is 0.129 e. The average molecular weight is 226 g/mol. The van der Waals surface area contributed by atoms with Crippen molar-refractivity contribution in [2.75, 3.05) is 6.61 Å². The first-order chi connectivity index (χ1) is 7.59. The second-order valence-electron chi connectivity index (χ2n) is 5.42. The van der Waals surface area contributed by atoms with Gasteiger partial charge in [0.15, 0.2) is 0 Å². The lowest BCUT2D eigenvalue weighted by atomic mass is 9.80. The van der Waals surface area contributed by atoms with Gasteiger partial charge in [0.05, 0.1) is 6.10 Å². The molecule has 3 atom stereocenters. The summed E-state index contributed by atoms with van der Waals surface area (Å²) >= 11 is 0. The predicted molar refractivity (Wildman–Crippen MR) is 66.5 cm³/mol. The number of ether oxygens (including phenoxy) is 1. The summed E-state index contributed by atoms with van der Waals surface area (Å²) in [6.45, 7) is 7.16. The molecule has 1 saturated carbocycles. The van der Waals surface area contributed by atoms with E-state index in [-0.39, 0.29) is 0 Å². The summed E-state index contributed by atoms with van der Waals surface area (Å²) < 4.78 is 5.87. The van der Waals surface area contributed by atoms with Gasteiger partial charge in [0.2, 0.25) is 0 Å². The molecular weight excluding hydrogens is 200 g/mol. The topological polar surface area (TPSA) is 26.3 Å². The van der Waals surface area contributed by atoms with Crippen LogP contribution in [0, 0.1) is 11.8 Å². The van der Waals surface area contributed by atoms with Gasteiger partial charge in [0.25, 0.3) is 0 Å². The van der Waals surface area contributed by atoms with Gasteiger partial charge in [-0.3, -0.25) is 0 Å². The van der Waals surface area contributed by atoms with Crippen LogP contribution in [0.2, 0.25) is 0 Å². The molecule has 2 nitrogen and oxygen atoms in total. The van der Waals surface area contributed by atoms with E-state index in [2.05, 4.69) is 13.8 Å². The van der Waals surface area contributed by atoms with Crippen LogP contribution in [0.5, 0.6) is 0 Å². The van der Waals surface area contributed by atoms with Crippen molar-refractivity contribution in [3.05, 3.63) is 0 Å². The Morgan fingerprint density at radius 1 is 1.19 bits per heavy atom. The first-order valence-corrected chi connectivity index (χ1v) is 6.70. The monoisotopic (exact) mass is 226 g/mol. The first-order valence-electron chi connectivity index (χ1n) is 6.70. The third kappa shape index (κ3) is 5.11. The van der Waals surface area contributed by atoms with Crippen LogP contribution in [0.15, 0.2) is 0 Å². The van der Waals surface area contributed by atoms with E-state index in [1.807, 2.05) is 0 Å². The van der Waals surface area contributed by atoms with Gasteiger partial charge >= 0.3 is 0 Å². The van der Waals surface area contributed by atoms with Crippen molar-refractivity contribution in [1.82, 2.24) is 0 Å². The molecule has 0 aromatic rings. The van der Waals surface area contributed by atoms with E-state index < -0.39 is 0 Å². The average Bonchev–Trinajstić information content (AvgIpc) is 2.22. The van der Waals surface area contributed by atoms with Gasteiger partial charge in [0.1, 0.15) is 5.78 Å². The Hall–Kier alpha value is -0.370. The maximum absolute atomic E-state index is 10.7. The third-order valence-electron chi connectivity index (χ3n) is 3.83. The maximum atomic E-state index is 10.7. The van der Waals surface area contributed by atoms with Crippen molar-refractivity contribution in [2.45, 2.75) is 65.4 Å². The second-order valence-corrected chi connectivity index (χ2v) is 5.42. The standard InChI is InChI=1S/C14H26O2/c1-11-7-8-14(10-12(11)2)16-9-5-4-6-13(3)15/h11-12,14H,4-10H2,1-3H3. The van der Waals surface area contributed by atoms with Gasteiger partial charge in [-0.1, -0.05) is 13.8 Å². The molecule has 1 rings (SSSR count). The van der Waals surface area contributed by atoms with E-state index >= 15 is 0 Å². The van der Waals surface area contributed by atoms with E-state index in [9.17, 15) is 4.79 Å². The summed E-state index contributed by atoms with van der Waals surface area (Å²) in [5, 5.41) is 0. The molecule has 0 aromatic heterocycles. The molecule has 16 heavy (non-hydrogen) atoms. The van der Waals surface area contributed by atoms with Crippen molar-refractivity contribution < 1.29 is 9.53 Å². The van der Waals surface area contributed by atoms with E-state index in [0.29, 0.717) is 18.3 Å². The molecule has 3 unspecified atom stereocenters. The minimum atomic E-state index is 0.292. The zero-order valence-corrected chi connectivity index (χ0v) is 11.0. The minimum absolute atomic E-state index is 0.292. The molecule has 94 valence electrons. The summed E-state index contributed by atoms with van der Waals surface area (Å²) in [4.78, 5) is 10.7. The lowest BCUT2D eigenvalue weighted by Crippen LogP contribution is -2.27. The lowest BCUT2D eigenvalue weighted by molar-refractivity contribution is -0.117. The first kappa shape index (κ1) is 13.7. The van der Waals surface area contributed by atoms with E-state index in [1.54, 1.807) is 6.92 Å². The summed E-state index contributed by atoms with van der Waals surface area (Å²) in [5.41, 5.74) is 0. The summed E-state index contributed by atoms with van der Waals surface area (Å²) in [6.07, 6.45) is 6.93. The quantitative estimate of drug-likeness (QED) is 0.647. The highest BCUT2D eigenvalue weighted by molar-refractivity contribution is 5.75.